The maximum absolute atomic E-state index is 12.8. The van der Waals surface area contributed by atoms with Crippen molar-refractivity contribution in [2.75, 3.05) is 6.54 Å². The van der Waals surface area contributed by atoms with E-state index >= 15 is 0 Å². The highest BCUT2D eigenvalue weighted by atomic mass is 16.1. The van der Waals surface area contributed by atoms with Crippen LogP contribution in [0.15, 0.2) is 24.3 Å². The van der Waals surface area contributed by atoms with Gasteiger partial charge in [-0.1, -0.05) is 45.0 Å². The molecule has 4 unspecified atom stereocenters. The van der Waals surface area contributed by atoms with E-state index in [9.17, 15) is 10.1 Å². The van der Waals surface area contributed by atoms with Crippen LogP contribution in [0, 0.1) is 34.0 Å². The summed E-state index contributed by atoms with van der Waals surface area (Å²) < 4.78 is 0. The summed E-state index contributed by atoms with van der Waals surface area (Å²) >= 11 is 0. The molecule has 3 nitrogen and oxygen atoms in total. The molecule has 2 fully saturated rings. The van der Waals surface area contributed by atoms with Crippen molar-refractivity contribution in [2.24, 2.45) is 22.7 Å². The zero-order valence-electron chi connectivity index (χ0n) is 16.3. The molecule has 1 heterocycles. The molecule has 3 aliphatic rings. The first-order valence-electron chi connectivity index (χ1n) is 10.1. The summed E-state index contributed by atoms with van der Waals surface area (Å²) in [5.74, 6) is 0.153. The number of nitrogens with zero attached hydrogens (tertiary/aromatic N) is 2. The molecule has 2 saturated carbocycles. The van der Waals surface area contributed by atoms with E-state index in [1.165, 1.54) is 17.5 Å². The van der Waals surface area contributed by atoms with Crippen molar-refractivity contribution in [3.8, 4) is 6.07 Å². The molecule has 0 saturated heterocycles. The summed E-state index contributed by atoms with van der Waals surface area (Å²) in [5.41, 5.74) is 2.70. The predicted octanol–water partition coefficient (Wildman–Crippen LogP) is 4.36. The van der Waals surface area contributed by atoms with Gasteiger partial charge in [0.15, 0.2) is 5.78 Å². The van der Waals surface area contributed by atoms with Crippen LogP contribution in [0.1, 0.15) is 57.6 Å². The van der Waals surface area contributed by atoms with E-state index in [1.807, 2.05) is 0 Å². The highest BCUT2D eigenvalue weighted by Crippen LogP contribution is 2.58. The molecule has 1 aromatic rings. The van der Waals surface area contributed by atoms with E-state index in [2.05, 4.69) is 56.0 Å². The second-order valence-corrected chi connectivity index (χ2v) is 9.60. The van der Waals surface area contributed by atoms with Gasteiger partial charge in [-0.2, -0.15) is 5.26 Å². The number of Topliss-reactive ketones (excluding diaryl/α,β-unsaturated/α-hetero) is 1. The van der Waals surface area contributed by atoms with Crippen molar-refractivity contribution in [1.29, 1.82) is 5.26 Å². The normalized spacial score (nSPS) is 36.7. The molecule has 26 heavy (non-hydrogen) atoms. The van der Waals surface area contributed by atoms with Crippen LogP contribution in [0.25, 0.3) is 0 Å². The zero-order chi connectivity index (χ0) is 18.5. The quantitative estimate of drug-likeness (QED) is 0.756. The molecule has 0 spiro atoms. The Hall–Kier alpha value is -1.66. The lowest BCUT2D eigenvalue weighted by molar-refractivity contribution is -0.149. The molecule has 3 heteroatoms. The summed E-state index contributed by atoms with van der Waals surface area (Å²) in [6.07, 6.45) is 5.29. The second-order valence-electron chi connectivity index (χ2n) is 9.60. The minimum atomic E-state index is -0.424. The average molecular weight is 351 g/mol. The molecule has 0 radical (unpaired) electrons. The minimum Gasteiger partial charge on any atom is -0.298 e. The van der Waals surface area contributed by atoms with E-state index in [1.54, 1.807) is 0 Å². The first kappa shape index (κ1) is 17.7. The number of carbonyl (C=O) groups excluding carboxylic acids is 1. The Balaban J connectivity index is 1.55. The fourth-order valence-corrected chi connectivity index (χ4v) is 6.37. The summed E-state index contributed by atoms with van der Waals surface area (Å²) in [7, 11) is 0. The largest absolute Gasteiger partial charge is 0.298 e. The summed E-state index contributed by atoms with van der Waals surface area (Å²) in [6.45, 7) is 8.69. The van der Waals surface area contributed by atoms with Crippen molar-refractivity contribution in [2.45, 2.75) is 65.5 Å². The monoisotopic (exact) mass is 350 g/mol. The van der Waals surface area contributed by atoms with Gasteiger partial charge < -0.3 is 0 Å². The third kappa shape index (κ3) is 2.70. The highest BCUT2D eigenvalue weighted by Gasteiger charge is 2.57. The average Bonchev–Trinajstić information content (AvgIpc) is 2.64. The van der Waals surface area contributed by atoms with Crippen LogP contribution in [0.4, 0.5) is 0 Å². The molecule has 0 N–H and O–H groups in total. The lowest BCUT2D eigenvalue weighted by atomic mass is 9.48. The van der Waals surface area contributed by atoms with Crippen molar-refractivity contribution < 1.29 is 4.79 Å². The Morgan fingerprint density at radius 2 is 1.85 bits per heavy atom. The number of hydrogen-bond donors (Lipinski definition) is 0. The van der Waals surface area contributed by atoms with Gasteiger partial charge in [-0.3, -0.25) is 9.69 Å². The van der Waals surface area contributed by atoms with Crippen LogP contribution >= 0.6 is 0 Å². The van der Waals surface area contributed by atoms with Gasteiger partial charge in [0.2, 0.25) is 0 Å². The summed E-state index contributed by atoms with van der Waals surface area (Å²) in [6, 6.07) is 11.7. The fourth-order valence-electron chi connectivity index (χ4n) is 6.37. The SMILES string of the molecule is CC12CC(C#N)C(=O)C(C)(C)C1CCC(N1CCc3ccccc3C1)C2. The van der Waals surface area contributed by atoms with Crippen molar-refractivity contribution >= 4 is 5.78 Å². The molecule has 2 aliphatic carbocycles. The molecule has 0 bridgehead atoms. The van der Waals surface area contributed by atoms with Gasteiger partial charge in [-0.05, 0) is 54.6 Å². The van der Waals surface area contributed by atoms with Crippen molar-refractivity contribution in [3.05, 3.63) is 35.4 Å². The lowest BCUT2D eigenvalue weighted by Crippen LogP contribution is -2.56. The number of nitriles is 1. The molecule has 4 atom stereocenters. The Labute approximate surface area is 157 Å². The summed E-state index contributed by atoms with van der Waals surface area (Å²) in [4.78, 5) is 15.4. The first-order chi connectivity index (χ1) is 12.3. The fraction of sp³-hybridized carbons (Fsp3) is 0.652. The van der Waals surface area contributed by atoms with Gasteiger partial charge in [-0.15, -0.1) is 0 Å². The molecule has 1 aliphatic heterocycles. The number of ketones is 1. The van der Waals surface area contributed by atoms with Crippen LogP contribution in [0.5, 0.6) is 0 Å². The molecule has 4 rings (SSSR count). The van der Waals surface area contributed by atoms with Crippen molar-refractivity contribution in [3.63, 3.8) is 0 Å². The van der Waals surface area contributed by atoms with Crippen LogP contribution in [0.3, 0.4) is 0 Å². The molecule has 0 amide bonds. The molecule has 1 aromatic carbocycles. The van der Waals surface area contributed by atoms with Crippen LogP contribution in [-0.4, -0.2) is 23.3 Å². The number of hydrogen-bond acceptors (Lipinski definition) is 3. The highest BCUT2D eigenvalue weighted by molar-refractivity contribution is 5.89. The van der Waals surface area contributed by atoms with Crippen LogP contribution in [0.2, 0.25) is 0 Å². The number of benzene rings is 1. The third-order valence-electron chi connectivity index (χ3n) is 7.66. The van der Waals surface area contributed by atoms with Gasteiger partial charge in [-0.25, -0.2) is 0 Å². The Morgan fingerprint density at radius 1 is 1.12 bits per heavy atom. The first-order valence-corrected chi connectivity index (χ1v) is 10.1. The molecule has 0 aromatic heterocycles. The maximum Gasteiger partial charge on any atom is 0.155 e. The minimum absolute atomic E-state index is 0.0949. The molecular weight excluding hydrogens is 320 g/mol. The molecule has 138 valence electrons. The van der Waals surface area contributed by atoms with Gasteiger partial charge >= 0.3 is 0 Å². The summed E-state index contributed by atoms with van der Waals surface area (Å²) in [5, 5.41) is 9.54. The van der Waals surface area contributed by atoms with Gasteiger partial charge in [0.05, 0.1) is 6.07 Å². The third-order valence-corrected chi connectivity index (χ3v) is 7.66. The van der Waals surface area contributed by atoms with E-state index in [0.717, 1.165) is 38.8 Å². The Bertz CT molecular complexity index is 762. The standard InChI is InChI=1S/C23H30N2O/c1-22(2)20-9-8-19(13-23(20,3)12-18(14-24)21(22)26)25-11-10-16-6-4-5-7-17(16)15-25/h4-7,18-20H,8-13,15H2,1-3H3. The van der Waals surface area contributed by atoms with Crippen LogP contribution in [-0.2, 0) is 17.8 Å². The van der Waals surface area contributed by atoms with Gasteiger partial charge in [0.1, 0.15) is 5.92 Å². The topological polar surface area (TPSA) is 44.1 Å². The Kier molecular flexibility index (Phi) is 4.23. The van der Waals surface area contributed by atoms with Crippen molar-refractivity contribution in [1.82, 2.24) is 4.90 Å². The number of fused-ring (bicyclic) bond motifs is 2. The maximum atomic E-state index is 12.8. The lowest BCUT2D eigenvalue weighted by Gasteiger charge is -2.57. The number of carbonyl (C=O) groups is 1. The van der Waals surface area contributed by atoms with E-state index in [-0.39, 0.29) is 16.6 Å². The van der Waals surface area contributed by atoms with Crippen LogP contribution < -0.4 is 0 Å². The zero-order valence-corrected chi connectivity index (χ0v) is 16.3. The Morgan fingerprint density at radius 3 is 2.58 bits per heavy atom. The van der Waals surface area contributed by atoms with Gasteiger partial charge in [0, 0.05) is 24.5 Å². The van der Waals surface area contributed by atoms with Gasteiger partial charge in [0.25, 0.3) is 0 Å². The number of rotatable bonds is 1. The van der Waals surface area contributed by atoms with E-state index < -0.39 is 5.92 Å². The molecular formula is C23H30N2O. The predicted molar refractivity (Wildman–Crippen MR) is 102 cm³/mol. The second kappa shape index (κ2) is 6.20. The van der Waals surface area contributed by atoms with E-state index in [4.69, 9.17) is 0 Å². The van der Waals surface area contributed by atoms with E-state index in [0.29, 0.717) is 12.0 Å². The smallest absolute Gasteiger partial charge is 0.155 e.